The average Bonchev–Trinajstić information content (AvgIpc) is 2.98. The third-order valence-corrected chi connectivity index (χ3v) is 4.92. The summed E-state index contributed by atoms with van der Waals surface area (Å²) in [4.78, 5) is 4.08. The van der Waals surface area contributed by atoms with Gasteiger partial charge in [-0.15, -0.1) is 0 Å². The summed E-state index contributed by atoms with van der Waals surface area (Å²) < 4.78 is 56.6. The predicted octanol–water partition coefficient (Wildman–Crippen LogP) is 4.54. The molecule has 0 aliphatic heterocycles. The number of rotatable bonds is 5. The molecule has 8 heteroatoms. The van der Waals surface area contributed by atoms with Gasteiger partial charge in [0.25, 0.3) is 0 Å². The van der Waals surface area contributed by atoms with Gasteiger partial charge in [-0.2, -0.15) is 13.2 Å². The summed E-state index contributed by atoms with van der Waals surface area (Å²) in [7, 11) is 0. The van der Waals surface area contributed by atoms with E-state index in [4.69, 9.17) is 0 Å². The first-order valence-corrected chi connectivity index (χ1v) is 8.61. The van der Waals surface area contributed by atoms with Gasteiger partial charge in [-0.1, -0.05) is 13.8 Å². The minimum Gasteiger partial charge on any atom is -0.508 e. The van der Waals surface area contributed by atoms with Gasteiger partial charge < -0.3 is 14.8 Å². The van der Waals surface area contributed by atoms with E-state index >= 15 is 0 Å². The van der Waals surface area contributed by atoms with Crippen molar-refractivity contribution >= 4 is 11.0 Å². The van der Waals surface area contributed by atoms with E-state index in [1.807, 2.05) is 0 Å². The van der Waals surface area contributed by atoms with E-state index in [1.54, 1.807) is 18.2 Å². The largest absolute Gasteiger partial charge is 0.508 e. The Morgan fingerprint density at radius 1 is 1.11 bits per heavy atom. The fourth-order valence-corrected chi connectivity index (χ4v) is 3.56. The maximum Gasteiger partial charge on any atom is 0.418 e. The molecular weight excluding hydrogens is 376 g/mol. The Hall–Kier alpha value is -2.61. The Kier molecular flexibility index (Phi) is 4.87. The minimum absolute atomic E-state index is 0.00536. The van der Waals surface area contributed by atoms with Gasteiger partial charge in [-0.05, 0) is 48.2 Å². The normalized spacial score (nSPS) is 15.0. The van der Waals surface area contributed by atoms with Crippen LogP contribution in [-0.2, 0) is 12.0 Å². The average molecular weight is 396 g/mol. The van der Waals surface area contributed by atoms with E-state index in [0.29, 0.717) is 11.0 Å². The smallest absolute Gasteiger partial charge is 0.418 e. The zero-order chi connectivity index (χ0) is 20.7. The van der Waals surface area contributed by atoms with E-state index < -0.39 is 36.0 Å². The number of aliphatic hydroxyl groups is 1. The first kappa shape index (κ1) is 20.1. The first-order chi connectivity index (χ1) is 12.9. The number of phenolic OH excluding ortho intramolecular Hbond substituents is 1. The zero-order valence-electron chi connectivity index (χ0n) is 15.3. The second kappa shape index (κ2) is 6.77. The molecule has 0 radical (unpaired) electrons. The maximum absolute atomic E-state index is 13.9. The van der Waals surface area contributed by atoms with E-state index in [-0.39, 0.29) is 11.3 Å². The molecule has 1 atom stereocenters. The lowest BCUT2D eigenvalue weighted by atomic mass is 9.74. The quantitative estimate of drug-likeness (QED) is 0.623. The second-order valence-corrected chi connectivity index (χ2v) is 7.60. The standard InChI is InChI=1S/C20H20F4N2O2/c1-18(2,14-10-13(21)5-6-17(14)27)11-19(28,20(22,23)24)12-26-9-7-15-16(26)4-3-8-25-15/h3-10,27-28H,11-12H2,1-2H3. The Bertz CT molecular complexity index is 997. The number of alkyl halides is 3. The van der Waals surface area contributed by atoms with Crippen LogP contribution in [0.1, 0.15) is 25.8 Å². The molecule has 0 aliphatic rings. The van der Waals surface area contributed by atoms with Crippen molar-refractivity contribution in [3.05, 3.63) is 60.2 Å². The molecule has 3 rings (SSSR count). The Morgan fingerprint density at radius 3 is 2.50 bits per heavy atom. The van der Waals surface area contributed by atoms with E-state index in [0.717, 1.165) is 18.2 Å². The highest BCUT2D eigenvalue weighted by Gasteiger charge is 2.56. The lowest BCUT2D eigenvalue weighted by Crippen LogP contribution is -2.52. The number of aromatic nitrogens is 2. The molecule has 4 nitrogen and oxygen atoms in total. The van der Waals surface area contributed by atoms with Crippen molar-refractivity contribution in [1.82, 2.24) is 9.55 Å². The third kappa shape index (κ3) is 3.69. The summed E-state index contributed by atoms with van der Waals surface area (Å²) in [5.74, 6) is -1.01. The molecule has 2 heterocycles. The molecule has 1 aromatic carbocycles. The number of nitrogens with zero attached hydrogens (tertiary/aromatic N) is 2. The molecule has 28 heavy (non-hydrogen) atoms. The number of hydrogen-bond acceptors (Lipinski definition) is 3. The van der Waals surface area contributed by atoms with Gasteiger partial charge >= 0.3 is 6.18 Å². The lowest BCUT2D eigenvalue weighted by Gasteiger charge is -2.38. The van der Waals surface area contributed by atoms with E-state index in [1.165, 1.54) is 30.8 Å². The molecule has 0 spiro atoms. The van der Waals surface area contributed by atoms with Crippen LogP contribution < -0.4 is 0 Å². The lowest BCUT2D eigenvalue weighted by molar-refractivity contribution is -0.271. The van der Waals surface area contributed by atoms with Crippen LogP contribution in [0.3, 0.4) is 0 Å². The van der Waals surface area contributed by atoms with Crippen molar-refractivity contribution in [2.24, 2.45) is 0 Å². The van der Waals surface area contributed by atoms with E-state index in [2.05, 4.69) is 4.98 Å². The zero-order valence-corrected chi connectivity index (χ0v) is 15.3. The summed E-state index contributed by atoms with van der Waals surface area (Å²) in [6.07, 6.45) is -2.77. The van der Waals surface area contributed by atoms with Gasteiger partial charge in [0.05, 0.1) is 17.6 Å². The Balaban J connectivity index is 2.01. The predicted molar refractivity (Wildman–Crippen MR) is 96.4 cm³/mol. The van der Waals surface area contributed by atoms with Crippen molar-refractivity contribution in [2.45, 2.75) is 44.0 Å². The molecule has 0 amide bonds. The molecule has 0 bridgehead atoms. The monoisotopic (exact) mass is 396 g/mol. The maximum atomic E-state index is 13.9. The van der Waals surface area contributed by atoms with Crippen LogP contribution in [0.4, 0.5) is 17.6 Å². The molecule has 0 saturated carbocycles. The number of halogens is 4. The van der Waals surface area contributed by atoms with Gasteiger partial charge in [-0.3, -0.25) is 4.98 Å². The molecule has 2 aromatic heterocycles. The number of phenols is 1. The number of aromatic hydroxyl groups is 1. The number of pyridine rings is 1. The SMILES string of the molecule is CC(C)(CC(O)(Cn1ccc2ncccc21)C(F)(F)F)c1cc(F)ccc1O. The van der Waals surface area contributed by atoms with Crippen LogP contribution in [0.15, 0.2) is 48.8 Å². The Labute approximate surface area is 159 Å². The fourth-order valence-electron chi connectivity index (χ4n) is 3.56. The second-order valence-electron chi connectivity index (χ2n) is 7.60. The molecule has 2 N–H and O–H groups in total. The van der Waals surface area contributed by atoms with Gasteiger partial charge in [-0.25, -0.2) is 4.39 Å². The van der Waals surface area contributed by atoms with Crippen molar-refractivity contribution < 1.29 is 27.8 Å². The van der Waals surface area contributed by atoms with Crippen LogP contribution >= 0.6 is 0 Å². The number of benzene rings is 1. The first-order valence-electron chi connectivity index (χ1n) is 8.61. The van der Waals surface area contributed by atoms with Crippen LogP contribution in [0, 0.1) is 5.82 Å². The summed E-state index contributed by atoms with van der Waals surface area (Å²) in [5.41, 5.74) is -3.52. The highest BCUT2D eigenvalue weighted by atomic mass is 19.4. The van der Waals surface area contributed by atoms with Crippen molar-refractivity contribution in [2.75, 3.05) is 0 Å². The fraction of sp³-hybridized carbons (Fsp3) is 0.350. The molecule has 0 saturated heterocycles. The number of fused-ring (bicyclic) bond motifs is 1. The van der Waals surface area contributed by atoms with Gasteiger partial charge in [0.2, 0.25) is 0 Å². The summed E-state index contributed by atoms with van der Waals surface area (Å²) in [6, 6.07) is 7.87. The number of hydrogen-bond donors (Lipinski definition) is 2. The molecule has 0 aliphatic carbocycles. The van der Waals surface area contributed by atoms with Crippen LogP contribution in [-0.4, -0.2) is 31.5 Å². The van der Waals surface area contributed by atoms with Crippen molar-refractivity contribution in [1.29, 1.82) is 0 Å². The van der Waals surface area contributed by atoms with Gasteiger partial charge in [0, 0.05) is 18.0 Å². The highest BCUT2D eigenvalue weighted by Crippen LogP contribution is 2.44. The van der Waals surface area contributed by atoms with Gasteiger partial charge in [0.15, 0.2) is 5.60 Å². The molecule has 150 valence electrons. The summed E-state index contributed by atoms with van der Waals surface area (Å²) >= 11 is 0. The molecule has 3 aromatic rings. The highest BCUT2D eigenvalue weighted by molar-refractivity contribution is 5.75. The molecule has 0 fully saturated rings. The third-order valence-electron chi connectivity index (χ3n) is 4.92. The minimum atomic E-state index is -4.95. The topological polar surface area (TPSA) is 58.3 Å². The van der Waals surface area contributed by atoms with Crippen LogP contribution in [0.2, 0.25) is 0 Å². The van der Waals surface area contributed by atoms with Crippen LogP contribution in [0.5, 0.6) is 5.75 Å². The van der Waals surface area contributed by atoms with E-state index in [9.17, 15) is 27.8 Å². The van der Waals surface area contributed by atoms with Crippen molar-refractivity contribution in [3.63, 3.8) is 0 Å². The summed E-state index contributed by atoms with van der Waals surface area (Å²) in [6.45, 7) is 2.09. The summed E-state index contributed by atoms with van der Waals surface area (Å²) in [5, 5.41) is 20.7. The Morgan fingerprint density at radius 2 is 1.82 bits per heavy atom. The van der Waals surface area contributed by atoms with Crippen molar-refractivity contribution in [3.8, 4) is 5.75 Å². The molecular formula is C20H20F4N2O2. The van der Waals surface area contributed by atoms with Gasteiger partial charge in [0.1, 0.15) is 11.6 Å². The molecule has 1 unspecified atom stereocenters. The van der Waals surface area contributed by atoms with Crippen LogP contribution in [0.25, 0.3) is 11.0 Å².